The molecule has 17 heavy (non-hydrogen) atoms. The number of hydrogen-bond acceptors (Lipinski definition) is 4. The Bertz CT molecular complexity index is 411. The van der Waals surface area contributed by atoms with Gasteiger partial charge in [0.05, 0.1) is 24.4 Å². The predicted octanol–water partition coefficient (Wildman–Crippen LogP) is 1.26. The zero-order valence-electron chi connectivity index (χ0n) is 10.5. The van der Waals surface area contributed by atoms with Gasteiger partial charge in [0, 0.05) is 26.3 Å². The largest absolute Gasteiger partial charge is 0.386 e. The number of likely N-dealkylation sites (tertiary alicyclic amines) is 1. The van der Waals surface area contributed by atoms with E-state index in [0.717, 1.165) is 31.7 Å². The maximum atomic E-state index is 8.98. The van der Waals surface area contributed by atoms with E-state index < -0.39 is 0 Å². The smallest absolute Gasteiger partial charge is 0.101 e. The summed E-state index contributed by atoms with van der Waals surface area (Å²) in [5.74, 6) is 0. The lowest BCUT2D eigenvalue weighted by Gasteiger charge is -2.49. The van der Waals surface area contributed by atoms with E-state index in [2.05, 4.69) is 28.3 Å². The van der Waals surface area contributed by atoms with Crippen LogP contribution in [-0.2, 0) is 5.54 Å². The first kappa shape index (κ1) is 11.9. The van der Waals surface area contributed by atoms with E-state index in [1.54, 1.807) is 0 Å². The molecule has 2 heterocycles. The summed E-state index contributed by atoms with van der Waals surface area (Å²) in [7, 11) is 1.88. The third kappa shape index (κ3) is 2.13. The van der Waals surface area contributed by atoms with Crippen molar-refractivity contribution in [3.05, 3.63) is 12.4 Å². The van der Waals surface area contributed by atoms with Crippen molar-refractivity contribution in [2.24, 2.45) is 0 Å². The van der Waals surface area contributed by atoms with Gasteiger partial charge in [0.15, 0.2) is 0 Å². The number of nitriles is 1. The lowest BCUT2D eigenvalue weighted by molar-refractivity contribution is 0.00558. The molecule has 0 bridgehead atoms. The summed E-state index contributed by atoms with van der Waals surface area (Å²) in [4.78, 5) is 2.37. The fraction of sp³-hybridized carbons (Fsp3) is 0.667. The second kappa shape index (κ2) is 4.76. The molecule has 1 aromatic rings. The van der Waals surface area contributed by atoms with Crippen LogP contribution in [0.3, 0.4) is 0 Å². The molecule has 1 aliphatic rings. The Balaban J connectivity index is 2.11. The lowest BCUT2D eigenvalue weighted by Crippen LogP contribution is -2.62. The molecule has 1 aromatic heterocycles. The van der Waals surface area contributed by atoms with Crippen LogP contribution in [0, 0.1) is 11.3 Å². The van der Waals surface area contributed by atoms with Crippen LogP contribution in [0.1, 0.15) is 19.8 Å². The van der Waals surface area contributed by atoms with Gasteiger partial charge in [0.25, 0.3) is 0 Å². The standard InChI is InChI=1S/C12H19N5/c1-3-6-16-9-12(10-16,4-5-13)17-8-11(14-2)7-15-17/h7-8,14H,3-4,6,9-10H2,1-2H3. The number of aromatic nitrogens is 2. The molecule has 1 fully saturated rings. The van der Waals surface area contributed by atoms with Gasteiger partial charge in [-0.05, 0) is 13.0 Å². The molecule has 0 amide bonds. The van der Waals surface area contributed by atoms with Crippen LogP contribution in [0.4, 0.5) is 5.69 Å². The van der Waals surface area contributed by atoms with Crippen LogP contribution in [0.5, 0.6) is 0 Å². The van der Waals surface area contributed by atoms with Crippen molar-refractivity contribution < 1.29 is 0 Å². The molecule has 0 atom stereocenters. The first-order valence-electron chi connectivity index (χ1n) is 6.06. The summed E-state index contributed by atoms with van der Waals surface area (Å²) in [6.07, 6.45) is 5.48. The van der Waals surface area contributed by atoms with E-state index in [9.17, 15) is 0 Å². The van der Waals surface area contributed by atoms with E-state index >= 15 is 0 Å². The highest BCUT2D eigenvalue weighted by molar-refractivity contribution is 5.37. The first-order valence-corrected chi connectivity index (χ1v) is 6.06. The molecule has 1 aliphatic heterocycles. The van der Waals surface area contributed by atoms with E-state index in [4.69, 9.17) is 5.26 Å². The minimum absolute atomic E-state index is 0.112. The Morgan fingerprint density at radius 2 is 2.35 bits per heavy atom. The topological polar surface area (TPSA) is 56.9 Å². The van der Waals surface area contributed by atoms with Crippen molar-refractivity contribution in [2.45, 2.75) is 25.3 Å². The zero-order chi connectivity index (χ0) is 12.3. The van der Waals surface area contributed by atoms with E-state index in [1.807, 2.05) is 24.1 Å². The summed E-state index contributed by atoms with van der Waals surface area (Å²) in [6.45, 7) is 5.14. The molecule has 0 radical (unpaired) electrons. The molecule has 0 aliphatic carbocycles. The highest BCUT2D eigenvalue weighted by Crippen LogP contribution is 2.32. The van der Waals surface area contributed by atoms with Crippen LogP contribution >= 0.6 is 0 Å². The average Bonchev–Trinajstić information content (AvgIpc) is 2.75. The molecule has 0 spiro atoms. The quantitative estimate of drug-likeness (QED) is 0.832. The second-order valence-corrected chi connectivity index (χ2v) is 4.69. The van der Waals surface area contributed by atoms with Crippen LogP contribution in [-0.4, -0.2) is 41.4 Å². The van der Waals surface area contributed by atoms with Crippen molar-refractivity contribution in [3.8, 4) is 6.07 Å². The molecule has 0 aromatic carbocycles. The van der Waals surface area contributed by atoms with Gasteiger partial charge in [-0.1, -0.05) is 6.92 Å². The highest BCUT2D eigenvalue weighted by atomic mass is 15.4. The van der Waals surface area contributed by atoms with Crippen molar-refractivity contribution in [2.75, 3.05) is 32.0 Å². The maximum Gasteiger partial charge on any atom is 0.101 e. The summed E-state index contributed by atoms with van der Waals surface area (Å²) in [5.41, 5.74) is 0.884. The predicted molar refractivity (Wildman–Crippen MR) is 66.7 cm³/mol. The molecule has 0 saturated carbocycles. The van der Waals surface area contributed by atoms with E-state index in [-0.39, 0.29) is 5.54 Å². The molecule has 1 N–H and O–H groups in total. The van der Waals surface area contributed by atoms with Gasteiger partial charge in [-0.25, -0.2) is 0 Å². The number of anilines is 1. The molecule has 2 rings (SSSR count). The highest BCUT2D eigenvalue weighted by Gasteiger charge is 2.44. The Hall–Kier alpha value is -1.54. The molecular weight excluding hydrogens is 214 g/mol. The maximum absolute atomic E-state index is 8.98. The summed E-state index contributed by atoms with van der Waals surface area (Å²) >= 11 is 0. The van der Waals surface area contributed by atoms with Gasteiger partial charge in [-0.3, -0.25) is 9.58 Å². The van der Waals surface area contributed by atoms with E-state index in [1.165, 1.54) is 0 Å². The van der Waals surface area contributed by atoms with Gasteiger partial charge >= 0.3 is 0 Å². The summed E-state index contributed by atoms with van der Waals surface area (Å²) < 4.78 is 1.95. The van der Waals surface area contributed by atoms with Crippen LogP contribution in [0.15, 0.2) is 12.4 Å². The van der Waals surface area contributed by atoms with Crippen LogP contribution < -0.4 is 5.32 Å². The second-order valence-electron chi connectivity index (χ2n) is 4.69. The first-order chi connectivity index (χ1) is 8.24. The Morgan fingerprint density at radius 1 is 1.59 bits per heavy atom. The van der Waals surface area contributed by atoms with Crippen molar-refractivity contribution in [1.29, 1.82) is 5.26 Å². The minimum atomic E-state index is -0.112. The molecular formula is C12H19N5. The van der Waals surface area contributed by atoms with Crippen molar-refractivity contribution >= 4 is 5.69 Å². The minimum Gasteiger partial charge on any atom is -0.386 e. The Labute approximate surface area is 102 Å². The average molecular weight is 233 g/mol. The van der Waals surface area contributed by atoms with Gasteiger partial charge in [-0.2, -0.15) is 10.4 Å². The number of rotatable bonds is 5. The number of hydrogen-bond donors (Lipinski definition) is 1. The van der Waals surface area contributed by atoms with Crippen LogP contribution in [0.2, 0.25) is 0 Å². The third-order valence-corrected chi connectivity index (χ3v) is 3.34. The van der Waals surface area contributed by atoms with Gasteiger partial charge in [0.2, 0.25) is 0 Å². The molecule has 5 heteroatoms. The Kier molecular flexibility index (Phi) is 3.34. The number of nitrogens with zero attached hydrogens (tertiary/aromatic N) is 4. The van der Waals surface area contributed by atoms with Gasteiger partial charge in [0.1, 0.15) is 5.54 Å². The number of nitrogens with one attached hydrogen (secondary N) is 1. The molecule has 0 unspecified atom stereocenters. The van der Waals surface area contributed by atoms with Gasteiger partial charge in [-0.15, -0.1) is 0 Å². The van der Waals surface area contributed by atoms with E-state index in [0.29, 0.717) is 6.42 Å². The normalized spacial score (nSPS) is 18.4. The van der Waals surface area contributed by atoms with Crippen molar-refractivity contribution in [1.82, 2.24) is 14.7 Å². The summed E-state index contributed by atoms with van der Waals surface area (Å²) in [5, 5.41) is 16.4. The van der Waals surface area contributed by atoms with Crippen molar-refractivity contribution in [3.63, 3.8) is 0 Å². The lowest BCUT2D eigenvalue weighted by atomic mass is 9.87. The Morgan fingerprint density at radius 3 is 2.88 bits per heavy atom. The molecule has 92 valence electrons. The fourth-order valence-electron chi connectivity index (χ4n) is 2.46. The molecule has 5 nitrogen and oxygen atoms in total. The van der Waals surface area contributed by atoms with Gasteiger partial charge < -0.3 is 5.32 Å². The fourth-order valence-corrected chi connectivity index (χ4v) is 2.46. The third-order valence-electron chi connectivity index (χ3n) is 3.34. The monoisotopic (exact) mass is 233 g/mol. The SMILES string of the molecule is CCCN1CC(CC#N)(n2cc(NC)cn2)C1. The zero-order valence-corrected chi connectivity index (χ0v) is 10.5. The summed E-state index contributed by atoms with van der Waals surface area (Å²) in [6, 6.07) is 2.29. The molecule has 1 saturated heterocycles. The van der Waals surface area contributed by atoms with Crippen LogP contribution in [0.25, 0.3) is 0 Å².